The molecule has 0 aliphatic carbocycles. The largest absolute Gasteiger partial charge is 0.755 e. The zero-order chi connectivity index (χ0) is 20.9. The monoisotopic (exact) mass is 430 g/mol. The Kier molecular flexibility index (Phi) is 5.95. The number of fused-ring (bicyclic) bond motifs is 1. The topological polar surface area (TPSA) is 134 Å². The molecule has 4 rings (SSSR count). The summed E-state index contributed by atoms with van der Waals surface area (Å²) in [5.74, 6) is 0.977. The summed E-state index contributed by atoms with van der Waals surface area (Å²) in [4.78, 5) is 12.0. The molecule has 12 heteroatoms. The number of hydrogen-bond donors (Lipinski definition) is 2. The standard InChI is InChI=1S/C18H18FN7O3S/c19-18-22-16(20-10-12-5-2-1-3-6-12)15-17(23-18)26(11-21-15)8-4-7-13-9-14(24-29-13)25-30(27)28/h1-3,5-6,9,11H,4,7-8,10H2,(H,24,25)(H,27,28)(H,20,22,23)/p-1. The molecule has 0 saturated heterocycles. The molecule has 1 unspecified atom stereocenters. The Morgan fingerprint density at radius 3 is 2.87 bits per heavy atom. The van der Waals surface area contributed by atoms with Crippen LogP contribution in [0.1, 0.15) is 17.7 Å². The second kappa shape index (κ2) is 8.97. The van der Waals surface area contributed by atoms with Gasteiger partial charge in [-0.25, -0.2) is 4.98 Å². The molecule has 3 aromatic heterocycles. The van der Waals surface area contributed by atoms with E-state index in [1.807, 2.05) is 30.3 Å². The second-order valence-electron chi connectivity index (χ2n) is 6.41. The fourth-order valence-corrected chi connectivity index (χ4v) is 3.24. The predicted molar refractivity (Wildman–Crippen MR) is 106 cm³/mol. The summed E-state index contributed by atoms with van der Waals surface area (Å²) in [6.07, 6.45) is 1.88. The number of nitrogens with zero attached hydrogens (tertiary/aromatic N) is 5. The number of aromatic nitrogens is 5. The van der Waals surface area contributed by atoms with E-state index in [0.29, 0.717) is 48.7 Å². The highest BCUT2D eigenvalue weighted by molar-refractivity contribution is 7.80. The number of nitrogens with one attached hydrogen (secondary N) is 2. The second-order valence-corrected chi connectivity index (χ2v) is 7.08. The van der Waals surface area contributed by atoms with Crippen molar-refractivity contribution < 1.29 is 17.7 Å². The Balaban J connectivity index is 1.43. The maximum atomic E-state index is 14.0. The van der Waals surface area contributed by atoms with Crippen LogP contribution in [0.15, 0.2) is 47.2 Å². The third-order valence-electron chi connectivity index (χ3n) is 4.31. The molecule has 0 radical (unpaired) electrons. The fourth-order valence-electron chi connectivity index (χ4n) is 2.97. The van der Waals surface area contributed by atoms with E-state index in [4.69, 9.17) is 4.52 Å². The summed E-state index contributed by atoms with van der Waals surface area (Å²) >= 11 is -2.46. The van der Waals surface area contributed by atoms with E-state index in [-0.39, 0.29) is 5.82 Å². The van der Waals surface area contributed by atoms with E-state index in [9.17, 15) is 13.2 Å². The Bertz CT molecular complexity index is 1170. The van der Waals surface area contributed by atoms with Crippen molar-refractivity contribution in [3.05, 3.63) is 60.1 Å². The number of hydrogen-bond acceptors (Lipinski definition) is 8. The van der Waals surface area contributed by atoms with Gasteiger partial charge >= 0.3 is 6.08 Å². The van der Waals surface area contributed by atoms with E-state index in [1.165, 1.54) is 6.07 Å². The molecule has 0 spiro atoms. The van der Waals surface area contributed by atoms with E-state index >= 15 is 0 Å². The molecule has 4 aromatic rings. The average molecular weight is 430 g/mol. The van der Waals surface area contributed by atoms with E-state index in [1.54, 1.807) is 10.9 Å². The third-order valence-corrected chi connectivity index (χ3v) is 4.68. The Morgan fingerprint density at radius 2 is 2.07 bits per heavy atom. The quantitative estimate of drug-likeness (QED) is 0.305. The first-order chi connectivity index (χ1) is 14.6. The van der Waals surface area contributed by atoms with Gasteiger partial charge in [-0.1, -0.05) is 35.5 Å². The molecule has 0 fully saturated rings. The molecule has 3 heterocycles. The van der Waals surface area contributed by atoms with Crippen LogP contribution < -0.4 is 10.0 Å². The van der Waals surface area contributed by atoms with Gasteiger partial charge in [0.1, 0.15) is 5.76 Å². The number of benzene rings is 1. The normalized spacial score (nSPS) is 12.2. The molecule has 10 nitrogen and oxygen atoms in total. The number of anilines is 2. The minimum absolute atomic E-state index is 0.121. The Hall–Kier alpha value is -3.38. The van der Waals surface area contributed by atoms with Gasteiger partial charge in [-0.15, -0.1) is 0 Å². The van der Waals surface area contributed by atoms with Gasteiger partial charge in [0.2, 0.25) is 0 Å². The molecule has 1 aromatic carbocycles. The van der Waals surface area contributed by atoms with E-state index in [0.717, 1.165) is 5.56 Å². The van der Waals surface area contributed by atoms with Crippen LogP contribution in [0.4, 0.5) is 16.0 Å². The van der Waals surface area contributed by atoms with Crippen LogP contribution in [0, 0.1) is 6.08 Å². The molecule has 156 valence electrons. The number of halogens is 1. The van der Waals surface area contributed by atoms with Gasteiger partial charge in [0.15, 0.2) is 22.8 Å². The minimum atomic E-state index is -2.46. The molecule has 0 amide bonds. The van der Waals surface area contributed by atoms with Gasteiger partial charge in [-0.05, 0) is 12.0 Å². The van der Waals surface area contributed by atoms with Crippen LogP contribution >= 0.6 is 0 Å². The summed E-state index contributed by atoms with van der Waals surface area (Å²) in [6.45, 7) is 0.983. The maximum absolute atomic E-state index is 14.0. The lowest BCUT2D eigenvalue weighted by Gasteiger charge is -2.07. The van der Waals surface area contributed by atoms with Crippen molar-refractivity contribution in [3.8, 4) is 0 Å². The SMILES string of the molecule is O=S([O-])Nc1cc(CCCn2cnc3c(NCc4ccccc4)nc(F)nc32)on1. The lowest BCUT2D eigenvalue weighted by Crippen LogP contribution is -2.06. The zero-order valence-corrected chi connectivity index (χ0v) is 16.4. The lowest BCUT2D eigenvalue weighted by atomic mass is 10.2. The van der Waals surface area contributed by atoms with E-state index < -0.39 is 17.3 Å². The summed E-state index contributed by atoms with van der Waals surface area (Å²) in [5.41, 5.74) is 1.90. The summed E-state index contributed by atoms with van der Waals surface area (Å²) in [7, 11) is 0. The molecule has 1 atom stereocenters. The molecule has 0 bridgehead atoms. The van der Waals surface area contributed by atoms with Crippen LogP contribution in [0.25, 0.3) is 11.2 Å². The van der Waals surface area contributed by atoms with Gasteiger partial charge < -0.3 is 19.0 Å². The molecule has 0 saturated carbocycles. The van der Waals surface area contributed by atoms with Gasteiger partial charge in [-0.2, -0.15) is 14.4 Å². The Morgan fingerprint density at radius 1 is 1.23 bits per heavy atom. The van der Waals surface area contributed by atoms with Crippen molar-refractivity contribution in [1.82, 2.24) is 24.7 Å². The molecular weight excluding hydrogens is 413 g/mol. The van der Waals surface area contributed by atoms with Gasteiger partial charge in [-0.3, -0.25) is 8.93 Å². The number of aryl methyl sites for hydroxylation is 2. The maximum Gasteiger partial charge on any atom is 0.312 e. The lowest BCUT2D eigenvalue weighted by molar-refractivity contribution is 0.380. The fraction of sp³-hybridized carbons (Fsp3) is 0.222. The smallest absolute Gasteiger partial charge is 0.312 e. The highest BCUT2D eigenvalue weighted by Crippen LogP contribution is 2.20. The molecule has 30 heavy (non-hydrogen) atoms. The van der Waals surface area contributed by atoms with Gasteiger partial charge in [0.25, 0.3) is 0 Å². The van der Waals surface area contributed by atoms with Crippen LogP contribution in [0.5, 0.6) is 0 Å². The summed E-state index contributed by atoms with van der Waals surface area (Å²) < 4.78 is 44.1. The van der Waals surface area contributed by atoms with Crippen LogP contribution in [-0.4, -0.2) is 33.4 Å². The minimum Gasteiger partial charge on any atom is -0.755 e. The number of rotatable bonds is 9. The van der Waals surface area contributed by atoms with E-state index in [2.05, 4.69) is 30.1 Å². The molecule has 0 aliphatic heterocycles. The van der Waals surface area contributed by atoms with Crippen LogP contribution in [0.3, 0.4) is 0 Å². The van der Waals surface area contributed by atoms with Crippen LogP contribution in [-0.2, 0) is 30.8 Å². The molecular formula is C18H17FN7O3S-. The van der Waals surface area contributed by atoms with Crippen molar-refractivity contribution in [2.24, 2.45) is 0 Å². The van der Waals surface area contributed by atoms with Crippen LogP contribution in [0.2, 0.25) is 0 Å². The zero-order valence-electron chi connectivity index (χ0n) is 15.6. The van der Waals surface area contributed by atoms with Crippen molar-refractivity contribution in [1.29, 1.82) is 0 Å². The molecule has 0 aliphatic rings. The van der Waals surface area contributed by atoms with Crippen molar-refractivity contribution in [2.45, 2.75) is 25.9 Å². The number of imidazole rings is 1. The van der Waals surface area contributed by atoms with Crippen molar-refractivity contribution >= 4 is 34.1 Å². The highest BCUT2D eigenvalue weighted by Gasteiger charge is 2.13. The predicted octanol–water partition coefficient (Wildman–Crippen LogP) is 2.40. The summed E-state index contributed by atoms with van der Waals surface area (Å²) in [6, 6.07) is 11.2. The highest BCUT2D eigenvalue weighted by atomic mass is 32.2. The van der Waals surface area contributed by atoms with Gasteiger partial charge in [0.05, 0.1) is 6.33 Å². The first-order valence-electron chi connectivity index (χ1n) is 9.06. The first kappa shape index (κ1) is 19.9. The van der Waals surface area contributed by atoms with Crippen molar-refractivity contribution in [3.63, 3.8) is 0 Å². The average Bonchev–Trinajstić information content (AvgIpc) is 3.33. The summed E-state index contributed by atoms with van der Waals surface area (Å²) in [5, 5.41) is 6.72. The first-order valence-corrected chi connectivity index (χ1v) is 10.1. The van der Waals surface area contributed by atoms with Crippen molar-refractivity contribution in [2.75, 3.05) is 10.0 Å². The third kappa shape index (κ3) is 4.78. The van der Waals surface area contributed by atoms with Gasteiger partial charge in [0, 0.05) is 36.8 Å². The Labute approximate surface area is 173 Å². The molecule has 2 N–H and O–H groups in total.